The molecule has 27 heavy (non-hydrogen) atoms. The number of hydrogen-bond acceptors (Lipinski definition) is 3. The van der Waals surface area contributed by atoms with Gasteiger partial charge in [-0.25, -0.2) is 0 Å². The normalized spacial score (nSPS) is 44.7. The molecular weight excluding hydrogens is 340 g/mol. The van der Waals surface area contributed by atoms with Crippen LogP contribution >= 0.6 is 0 Å². The Balaban J connectivity index is 1.53. The third-order valence-electron chi connectivity index (χ3n) is 8.80. The minimum absolute atomic E-state index is 0.135. The SMILES string of the molecule is CC1CC2=CC(=O)CC[C@@H]2[C@H]2CC[C@]3(C)[C@@H](CC(O)CC(=O)O)CC[C@H]3[C@H]12. The van der Waals surface area contributed by atoms with Gasteiger partial charge in [-0.05, 0) is 91.9 Å². The molecule has 4 rings (SSSR count). The molecule has 2 unspecified atom stereocenters. The van der Waals surface area contributed by atoms with Crippen LogP contribution in [0.1, 0.15) is 71.6 Å². The lowest BCUT2D eigenvalue weighted by Gasteiger charge is -2.56. The minimum atomic E-state index is -0.905. The van der Waals surface area contributed by atoms with Crippen molar-refractivity contribution in [1.29, 1.82) is 0 Å². The Morgan fingerprint density at radius 2 is 2.07 bits per heavy atom. The molecule has 0 heterocycles. The molecule has 3 saturated carbocycles. The van der Waals surface area contributed by atoms with Gasteiger partial charge in [0.1, 0.15) is 0 Å². The van der Waals surface area contributed by atoms with E-state index in [9.17, 15) is 14.7 Å². The van der Waals surface area contributed by atoms with Gasteiger partial charge in [-0.3, -0.25) is 9.59 Å². The van der Waals surface area contributed by atoms with Gasteiger partial charge in [0.2, 0.25) is 0 Å². The summed E-state index contributed by atoms with van der Waals surface area (Å²) < 4.78 is 0. The van der Waals surface area contributed by atoms with E-state index in [0.717, 1.165) is 31.6 Å². The average Bonchev–Trinajstić information content (AvgIpc) is 2.90. The van der Waals surface area contributed by atoms with Crippen LogP contribution in [-0.4, -0.2) is 28.1 Å². The summed E-state index contributed by atoms with van der Waals surface area (Å²) in [5.41, 5.74) is 1.66. The van der Waals surface area contributed by atoms with Crippen LogP contribution in [0.5, 0.6) is 0 Å². The maximum absolute atomic E-state index is 11.9. The Kier molecular flexibility index (Phi) is 4.99. The van der Waals surface area contributed by atoms with Gasteiger partial charge < -0.3 is 10.2 Å². The molecule has 8 atom stereocenters. The molecular formula is C23H34O4. The number of carboxylic acid groups (broad SMARTS) is 1. The smallest absolute Gasteiger partial charge is 0.305 e. The van der Waals surface area contributed by atoms with E-state index in [1.165, 1.54) is 24.8 Å². The monoisotopic (exact) mass is 374 g/mol. The van der Waals surface area contributed by atoms with Crippen molar-refractivity contribution < 1.29 is 19.8 Å². The van der Waals surface area contributed by atoms with Crippen molar-refractivity contribution in [3.63, 3.8) is 0 Å². The number of carbonyl (C=O) groups excluding carboxylic acids is 1. The Bertz CT molecular complexity index is 653. The van der Waals surface area contributed by atoms with E-state index in [0.29, 0.717) is 41.8 Å². The third kappa shape index (κ3) is 3.28. The first-order valence-electron chi connectivity index (χ1n) is 10.9. The molecule has 4 heteroatoms. The van der Waals surface area contributed by atoms with Crippen molar-refractivity contribution >= 4 is 11.8 Å². The molecule has 4 aliphatic carbocycles. The summed E-state index contributed by atoms with van der Waals surface area (Å²) in [4.78, 5) is 22.8. The molecule has 0 aromatic carbocycles. The van der Waals surface area contributed by atoms with E-state index < -0.39 is 12.1 Å². The number of fused-ring (bicyclic) bond motifs is 5. The first kappa shape index (κ1) is 19.2. The second-order valence-corrected chi connectivity index (χ2v) is 10.2. The maximum Gasteiger partial charge on any atom is 0.305 e. The van der Waals surface area contributed by atoms with Crippen molar-refractivity contribution in [1.82, 2.24) is 0 Å². The van der Waals surface area contributed by atoms with Crippen LogP contribution in [0.15, 0.2) is 11.6 Å². The molecule has 0 spiro atoms. The van der Waals surface area contributed by atoms with Gasteiger partial charge in [0.05, 0.1) is 12.5 Å². The van der Waals surface area contributed by atoms with Crippen molar-refractivity contribution in [2.45, 2.75) is 77.7 Å². The lowest BCUT2D eigenvalue weighted by atomic mass is 9.48. The van der Waals surface area contributed by atoms with Crippen molar-refractivity contribution in [3.05, 3.63) is 11.6 Å². The molecule has 0 bridgehead atoms. The van der Waals surface area contributed by atoms with Crippen molar-refractivity contribution in [2.75, 3.05) is 0 Å². The van der Waals surface area contributed by atoms with Crippen LogP contribution in [-0.2, 0) is 9.59 Å². The molecule has 0 aromatic heterocycles. The van der Waals surface area contributed by atoms with E-state index in [4.69, 9.17) is 5.11 Å². The van der Waals surface area contributed by atoms with E-state index in [1.54, 1.807) is 0 Å². The molecule has 4 nitrogen and oxygen atoms in total. The molecule has 3 fully saturated rings. The number of ketones is 1. The third-order valence-corrected chi connectivity index (χ3v) is 8.80. The highest BCUT2D eigenvalue weighted by Crippen LogP contribution is 2.65. The number of carboxylic acids is 1. The fourth-order valence-corrected chi connectivity index (χ4v) is 7.70. The maximum atomic E-state index is 11.9. The van der Waals surface area contributed by atoms with Gasteiger partial charge in [-0.1, -0.05) is 19.4 Å². The molecule has 4 aliphatic rings. The fraction of sp³-hybridized carbons (Fsp3) is 0.826. The predicted molar refractivity (Wildman–Crippen MR) is 103 cm³/mol. The van der Waals surface area contributed by atoms with Crippen LogP contribution in [0.4, 0.5) is 0 Å². The highest BCUT2D eigenvalue weighted by atomic mass is 16.4. The highest BCUT2D eigenvalue weighted by Gasteiger charge is 2.57. The van der Waals surface area contributed by atoms with Crippen LogP contribution < -0.4 is 0 Å². The summed E-state index contributed by atoms with van der Waals surface area (Å²) in [6, 6.07) is 0. The molecule has 2 N–H and O–H groups in total. The van der Waals surface area contributed by atoms with E-state index in [2.05, 4.69) is 13.8 Å². The number of hydrogen-bond donors (Lipinski definition) is 2. The van der Waals surface area contributed by atoms with Crippen LogP contribution in [0.2, 0.25) is 0 Å². The first-order chi connectivity index (χ1) is 12.8. The number of aliphatic hydroxyl groups is 1. The second-order valence-electron chi connectivity index (χ2n) is 10.2. The van der Waals surface area contributed by atoms with E-state index in [1.807, 2.05) is 6.08 Å². The van der Waals surface area contributed by atoms with Gasteiger partial charge in [-0.2, -0.15) is 0 Å². The van der Waals surface area contributed by atoms with Crippen LogP contribution in [0, 0.1) is 40.9 Å². The summed E-state index contributed by atoms with van der Waals surface area (Å²) in [5, 5.41) is 19.2. The van der Waals surface area contributed by atoms with Crippen molar-refractivity contribution in [2.24, 2.45) is 40.9 Å². The quantitative estimate of drug-likeness (QED) is 0.773. The van der Waals surface area contributed by atoms with Gasteiger partial charge in [-0.15, -0.1) is 0 Å². The van der Waals surface area contributed by atoms with Gasteiger partial charge in [0.25, 0.3) is 0 Å². The number of aliphatic carboxylic acids is 1. The molecule has 150 valence electrons. The predicted octanol–water partition coefficient (Wildman–Crippen LogP) is 4.22. The zero-order valence-corrected chi connectivity index (χ0v) is 16.7. The van der Waals surface area contributed by atoms with Crippen LogP contribution in [0.25, 0.3) is 0 Å². The standard InChI is InChI=1S/C23H34O4/c1-13-9-14-10-16(24)4-5-18(14)19-7-8-23(2)15(3-6-20(23)22(13)19)11-17(25)12-21(26)27/h10,13,15,17-20,22,25H,3-9,11-12H2,1-2H3,(H,26,27)/t13?,15-,17?,18+,19-,20+,22-,23-/m1/s1. The van der Waals surface area contributed by atoms with E-state index >= 15 is 0 Å². The summed E-state index contributed by atoms with van der Waals surface area (Å²) in [6.45, 7) is 4.80. The number of allylic oxidation sites excluding steroid dienone is 1. The number of carbonyl (C=O) groups is 2. The molecule has 0 radical (unpaired) electrons. The van der Waals surface area contributed by atoms with Gasteiger partial charge in [0.15, 0.2) is 5.78 Å². The number of rotatable bonds is 4. The van der Waals surface area contributed by atoms with E-state index in [-0.39, 0.29) is 11.8 Å². The minimum Gasteiger partial charge on any atom is -0.481 e. The average molecular weight is 375 g/mol. The molecule has 0 aromatic rings. The van der Waals surface area contributed by atoms with Crippen LogP contribution in [0.3, 0.4) is 0 Å². The summed E-state index contributed by atoms with van der Waals surface area (Å²) in [7, 11) is 0. The Labute approximate surface area is 162 Å². The first-order valence-corrected chi connectivity index (χ1v) is 10.9. The zero-order valence-electron chi connectivity index (χ0n) is 16.7. The lowest BCUT2D eigenvalue weighted by molar-refractivity contribution is -0.139. The highest BCUT2D eigenvalue weighted by molar-refractivity contribution is 5.91. The second kappa shape index (κ2) is 7.02. The molecule has 0 amide bonds. The summed E-state index contributed by atoms with van der Waals surface area (Å²) in [5.74, 6) is 3.22. The largest absolute Gasteiger partial charge is 0.481 e. The molecule has 0 aliphatic heterocycles. The number of aliphatic hydroxyl groups excluding tert-OH is 1. The molecule has 0 saturated heterocycles. The van der Waals surface area contributed by atoms with Gasteiger partial charge in [0, 0.05) is 6.42 Å². The lowest BCUT2D eigenvalue weighted by Crippen LogP contribution is -2.49. The van der Waals surface area contributed by atoms with Gasteiger partial charge >= 0.3 is 5.97 Å². The topological polar surface area (TPSA) is 74.6 Å². The summed E-state index contributed by atoms with van der Waals surface area (Å²) in [6.07, 6.45) is 9.35. The Morgan fingerprint density at radius 1 is 1.30 bits per heavy atom. The Hall–Kier alpha value is -1.16. The van der Waals surface area contributed by atoms with Crippen molar-refractivity contribution in [3.8, 4) is 0 Å². The fourth-order valence-electron chi connectivity index (χ4n) is 7.70. The summed E-state index contributed by atoms with van der Waals surface area (Å²) >= 11 is 0. The Morgan fingerprint density at radius 3 is 2.81 bits per heavy atom. The zero-order chi connectivity index (χ0) is 19.3.